The molecule has 2 unspecified atom stereocenters. The number of nitrogens with one attached hydrogen (secondary N) is 1. The summed E-state index contributed by atoms with van der Waals surface area (Å²) in [5.41, 5.74) is -1.19. The molecule has 1 aliphatic rings. The lowest BCUT2D eigenvalue weighted by Crippen LogP contribution is -2.36. The van der Waals surface area contributed by atoms with Crippen LogP contribution in [0.1, 0.15) is 6.23 Å². The minimum absolute atomic E-state index is 0.276. The molecule has 2 heterocycles. The Balaban J connectivity index is 2.35. The van der Waals surface area contributed by atoms with Crippen molar-refractivity contribution in [2.24, 2.45) is 0 Å². The molecule has 3 N–H and O–H groups in total. The first-order valence-corrected chi connectivity index (χ1v) is 5.86. The van der Waals surface area contributed by atoms with Gasteiger partial charge in [0.25, 0.3) is 5.56 Å². The van der Waals surface area contributed by atoms with Gasteiger partial charge in [0.15, 0.2) is 6.23 Å². The van der Waals surface area contributed by atoms with E-state index in [1.165, 1.54) is 6.20 Å². The third-order valence-electron chi connectivity index (χ3n) is 2.59. The van der Waals surface area contributed by atoms with E-state index in [9.17, 15) is 14.7 Å². The highest BCUT2D eigenvalue weighted by molar-refractivity contribution is 9.09. The van der Waals surface area contributed by atoms with Gasteiger partial charge in [0.05, 0.1) is 17.5 Å². The van der Waals surface area contributed by atoms with Gasteiger partial charge in [-0.15, -0.1) is 0 Å². The minimum Gasteiger partial charge on any atom is -0.394 e. The number of rotatable bonds is 2. The molecule has 1 aromatic rings. The monoisotopic (exact) mass is 306 g/mol. The molecular formula is C9H11BrN2O5. The Morgan fingerprint density at radius 2 is 2.24 bits per heavy atom. The first-order valence-electron chi connectivity index (χ1n) is 4.94. The van der Waals surface area contributed by atoms with Crippen LogP contribution in [-0.2, 0) is 4.74 Å². The number of halogens is 1. The largest absolute Gasteiger partial charge is 0.394 e. The molecular weight excluding hydrogens is 296 g/mol. The summed E-state index contributed by atoms with van der Waals surface area (Å²) in [6, 6.07) is 1.16. The Hall–Kier alpha value is -0.960. The summed E-state index contributed by atoms with van der Waals surface area (Å²) in [5.74, 6) is 0. The van der Waals surface area contributed by atoms with Gasteiger partial charge >= 0.3 is 5.69 Å². The molecule has 0 aromatic carbocycles. The zero-order valence-corrected chi connectivity index (χ0v) is 10.2. The van der Waals surface area contributed by atoms with Gasteiger partial charge < -0.3 is 14.9 Å². The molecule has 8 heteroatoms. The first-order chi connectivity index (χ1) is 8.04. The molecule has 2 rings (SSSR count). The highest BCUT2D eigenvalue weighted by Gasteiger charge is 2.43. The molecule has 0 amide bonds. The standard InChI is InChI=1S/C9H11BrN2O5/c10-6-4(3-13)17-8(7(6)15)12-2-1-5(14)11-9(12)16/h1-2,4,6-8,13,15H,3H2,(H,11,14,16)/t4-,6?,7?,8-/m0/s1. The van der Waals surface area contributed by atoms with Gasteiger partial charge in [0.2, 0.25) is 0 Å². The number of ether oxygens (including phenoxy) is 1. The molecule has 0 spiro atoms. The van der Waals surface area contributed by atoms with Crippen LogP contribution in [0.15, 0.2) is 21.9 Å². The third-order valence-corrected chi connectivity index (χ3v) is 3.72. The van der Waals surface area contributed by atoms with E-state index in [2.05, 4.69) is 20.9 Å². The van der Waals surface area contributed by atoms with E-state index in [0.29, 0.717) is 0 Å². The topological polar surface area (TPSA) is 105 Å². The summed E-state index contributed by atoms with van der Waals surface area (Å²) < 4.78 is 6.42. The smallest absolute Gasteiger partial charge is 0.330 e. The predicted molar refractivity (Wildman–Crippen MR) is 61.0 cm³/mol. The van der Waals surface area contributed by atoms with E-state index in [4.69, 9.17) is 9.84 Å². The van der Waals surface area contributed by atoms with Crippen LogP contribution in [0.5, 0.6) is 0 Å². The predicted octanol–water partition coefficient (Wildman–Crippen LogP) is -1.45. The van der Waals surface area contributed by atoms with Crippen molar-refractivity contribution < 1.29 is 14.9 Å². The summed E-state index contributed by atoms with van der Waals surface area (Å²) in [5, 5.41) is 18.9. The summed E-state index contributed by atoms with van der Waals surface area (Å²) >= 11 is 3.18. The fourth-order valence-electron chi connectivity index (χ4n) is 1.71. The molecule has 0 bridgehead atoms. The van der Waals surface area contributed by atoms with Crippen molar-refractivity contribution in [1.82, 2.24) is 9.55 Å². The second-order valence-electron chi connectivity index (χ2n) is 3.70. The van der Waals surface area contributed by atoms with Crippen molar-refractivity contribution >= 4 is 15.9 Å². The van der Waals surface area contributed by atoms with Crippen LogP contribution in [0.2, 0.25) is 0 Å². The van der Waals surface area contributed by atoms with Crippen LogP contribution >= 0.6 is 15.9 Å². The van der Waals surface area contributed by atoms with Crippen LogP contribution in [0.4, 0.5) is 0 Å². The van der Waals surface area contributed by atoms with Gasteiger partial charge in [-0.1, -0.05) is 15.9 Å². The Labute approximate surface area is 104 Å². The van der Waals surface area contributed by atoms with Crippen LogP contribution in [0, 0.1) is 0 Å². The highest BCUT2D eigenvalue weighted by Crippen LogP contribution is 2.32. The quantitative estimate of drug-likeness (QED) is 0.580. The van der Waals surface area contributed by atoms with Gasteiger partial charge in [-0.2, -0.15) is 0 Å². The summed E-state index contributed by atoms with van der Waals surface area (Å²) in [6.45, 7) is -0.276. The molecule has 94 valence electrons. The normalized spacial score (nSPS) is 32.9. The maximum absolute atomic E-state index is 11.5. The van der Waals surface area contributed by atoms with E-state index >= 15 is 0 Å². The molecule has 17 heavy (non-hydrogen) atoms. The molecule has 7 nitrogen and oxygen atoms in total. The molecule has 1 aromatic heterocycles. The number of aliphatic hydroxyl groups excluding tert-OH is 2. The lowest BCUT2D eigenvalue weighted by atomic mass is 10.2. The fraction of sp³-hybridized carbons (Fsp3) is 0.556. The number of hydrogen-bond donors (Lipinski definition) is 3. The molecule has 0 saturated carbocycles. The average Bonchev–Trinajstić information content (AvgIpc) is 2.57. The maximum Gasteiger partial charge on any atom is 0.330 e. The SMILES string of the molecule is O=c1ccn([C@H]2O[C@@H](CO)C(Br)C2O)c(=O)[nH]1. The van der Waals surface area contributed by atoms with Crippen molar-refractivity contribution in [2.45, 2.75) is 23.3 Å². The van der Waals surface area contributed by atoms with Gasteiger partial charge in [-0.25, -0.2) is 4.79 Å². The molecule has 0 aliphatic carbocycles. The Kier molecular flexibility index (Phi) is 3.48. The number of hydrogen-bond acceptors (Lipinski definition) is 5. The fourth-order valence-corrected chi connectivity index (χ4v) is 2.27. The lowest BCUT2D eigenvalue weighted by molar-refractivity contribution is -0.0530. The van der Waals surface area contributed by atoms with E-state index in [1.54, 1.807) is 0 Å². The second kappa shape index (κ2) is 4.73. The van der Waals surface area contributed by atoms with Crippen molar-refractivity contribution in [3.05, 3.63) is 33.1 Å². The zero-order chi connectivity index (χ0) is 12.6. The maximum atomic E-state index is 11.5. The summed E-state index contributed by atoms with van der Waals surface area (Å²) in [7, 11) is 0. The number of H-pyrrole nitrogens is 1. The van der Waals surface area contributed by atoms with Crippen molar-refractivity contribution in [1.29, 1.82) is 0 Å². The van der Waals surface area contributed by atoms with Gasteiger partial charge in [-0.05, 0) is 0 Å². The van der Waals surface area contributed by atoms with Gasteiger partial charge in [-0.3, -0.25) is 14.3 Å². The number of aliphatic hydroxyl groups is 2. The van der Waals surface area contributed by atoms with E-state index in [0.717, 1.165) is 10.6 Å². The van der Waals surface area contributed by atoms with Gasteiger partial charge in [0, 0.05) is 12.3 Å². The Bertz CT molecular complexity index is 513. The second-order valence-corrected chi connectivity index (χ2v) is 4.76. The third kappa shape index (κ3) is 2.21. The summed E-state index contributed by atoms with van der Waals surface area (Å²) in [4.78, 5) is 24.0. The first kappa shape index (κ1) is 12.5. The van der Waals surface area contributed by atoms with Crippen LogP contribution in [0.25, 0.3) is 0 Å². The zero-order valence-electron chi connectivity index (χ0n) is 8.62. The number of nitrogens with zero attached hydrogens (tertiary/aromatic N) is 1. The average molecular weight is 307 g/mol. The highest BCUT2D eigenvalue weighted by atomic mass is 79.9. The number of aromatic amines is 1. The van der Waals surface area contributed by atoms with Crippen LogP contribution < -0.4 is 11.2 Å². The molecule has 4 atom stereocenters. The van der Waals surface area contributed by atoms with Gasteiger partial charge in [0.1, 0.15) is 6.10 Å². The van der Waals surface area contributed by atoms with Crippen molar-refractivity contribution in [2.75, 3.05) is 6.61 Å². The van der Waals surface area contributed by atoms with Crippen molar-refractivity contribution in [3.8, 4) is 0 Å². The van der Waals surface area contributed by atoms with Crippen LogP contribution in [0.3, 0.4) is 0 Å². The van der Waals surface area contributed by atoms with E-state index < -0.39 is 34.5 Å². The number of aromatic nitrogens is 2. The number of alkyl halides is 1. The molecule has 1 fully saturated rings. The van der Waals surface area contributed by atoms with Crippen molar-refractivity contribution in [3.63, 3.8) is 0 Å². The van der Waals surface area contributed by atoms with E-state index in [-0.39, 0.29) is 6.61 Å². The minimum atomic E-state index is -0.990. The Morgan fingerprint density at radius 3 is 2.76 bits per heavy atom. The lowest BCUT2D eigenvalue weighted by Gasteiger charge is -2.16. The molecule has 1 saturated heterocycles. The molecule has 0 radical (unpaired) electrons. The Morgan fingerprint density at radius 1 is 1.53 bits per heavy atom. The van der Waals surface area contributed by atoms with Crippen LogP contribution in [-0.4, -0.2) is 43.4 Å². The van der Waals surface area contributed by atoms with E-state index in [1.807, 2.05) is 0 Å². The molecule has 1 aliphatic heterocycles. The summed E-state index contributed by atoms with van der Waals surface area (Å²) in [6.07, 6.45) is -1.28.